The number of aromatic nitrogens is 4. The highest BCUT2D eigenvalue weighted by molar-refractivity contribution is 7.80. The predicted molar refractivity (Wildman–Crippen MR) is 276 cm³/mol. The Bertz CT molecular complexity index is 3290. The van der Waals surface area contributed by atoms with Crippen molar-refractivity contribution in [2.75, 3.05) is 64.6 Å². The van der Waals surface area contributed by atoms with Crippen LogP contribution in [0, 0.1) is 0 Å². The molecule has 1 saturated heterocycles. The number of nitrogens with one attached hydrogen (secondary N) is 3. The van der Waals surface area contributed by atoms with Crippen molar-refractivity contribution in [2.24, 2.45) is 0 Å². The molecule has 4 aliphatic heterocycles. The number of esters is 1. The number of anilines is 1. The first kappa shape index (κ1) is 48.3. The smallest absolute Gasteiger partial charge is 0.340 e. The quantitative estimate of drug-likeness (QED) is 0.0415. The summed E-state index contributed by atoms with van der Waals surface area (Å²) in [5, 5.41) is 31.7. The van der Waals surface area contributed by atoms with Crippen molar-refractivity contribution in [2.45, 2.75) is 44.4 Å². The molecule has 7 aromatic rings. The van der Waals surface area contributed by atoms with Gasteiger partial charge in [0, 0.05) is 116 Å². The van der Waals surface area contributed by atoms with Gasteiger partial charge in [0.1, 0.15) is 34.5 Å². The molecule has 0 atom stereocenters. The molecule has 5 N–H and O–H groups in total. The second-order valence-electron chi connectivity index (χ2n) is 18.4. The first-order valence-electron chi connectivity index (χ1n) is 24.5. The molecule has 74 heavy (non-hydrogen) atoms. The summed E-state index contributed by atoms with van der Waals surface area (Å²) in [6, 6.07) is 26.1. The highest BCUT2D eigenvalue weighted by Gasteiger charge is 2.53. The Labute approximate surface area is 430 Å². The Balaban J connectivity index is 0.621. The van der Waals surface area contributed by atoms with E-state index in [1.165, 1.54) is 24.3 Å². The molecule has 19 heteroatoms. The molecule has 18 nitrogen and oxygen atoms in total. The molecule has 4 aromatic carbocycles. The van der Waals surface area contributed by atoms with Crippen molar-refractivity contribution >= 4 is 51.6 Å². The fourth-order valence-electron chi connectivity index (χ4n) is 10.2. The summed E-state index contributed by atoms with van der Waals surface area (Å²) in [6.45, 7) is 6.91. The van der Waals surface area contributed by atoms with Crippen LogP contribution >= 0.6 is 12.2 Å². The van der Waals surface area contributed by atoms with Crippen molar-refractivity contribution in [3.05, 3.63) is 143 Å². The number of thiocarbonyl (C=S) groups is 1. The number of aromatic hydroxyl groups is 2. The van der Waals surface area contributed by atoms with Gasteiger partial charge < -0.3 is 59.3 Å². The number of nitrogens with zero attached hydrogens (tertiary/aromatic N) is 5. The van der Waals surface area contributed by atoms with E-state index in [0.717, 1.165) is 70.9 Å². The summed E-state index contributed by atoms with van der Waals surface area (Å²) in [4.78, 5) is 55.3. The maximum atomic E-state index is 13.5. The molecule has 11 rings (SSSR count). The summed E-state index contributed by atoms with van der Waals surface area (Å²) >= 11 is 5.51. The van der Waals surface area contributed by atoms with Crippen LogP contribution in [-0.4, -0.2) is 117 Å². The molecule has 4 aliphatic rings. The van der Waals surface area contributed by atoms with Gasteiger partial charge in [-0.25, -0.2) is 9.78 Å². The number of hydrogen-bond donors (Lipinski definition) is 5. The monoisotopic (exact) mass is 1020 g/mol. The van der Waals surface area contributed by atoms with Crippen LogP contribution in [0.25, 0.3) is 33.3 Å². The van der Waals surface area contributed by atoms with Gasteiger partial charge in [0.2, 0.25) is 5.91 Å². The SMILES string of the molecule is CC(=O)N1CCn2c(C3CCOCC3)nc(-c3cccc4cc(-c5ccc(C(=O)NCCOCCOCCNC(=S)Nc6ccc7c(c6)C(=O)OC76c7ccc(O)cc7Oc7cc(O)ccc76)nc5)ncc34)c2C1. The molecule has 0 bridgehead atoms. The Morgan fingerprint density at radius 1 is 0.811 bits per heavy atom. The molecule has 378 valence electrons. The molecule has 1 spiro atoms. The molecule has 7 heterocycles. The van der Waals surface area contributed by atoms with E-state index in [-0.39, 0.29) is 42.2 Å². The molecule has 0 radical (unpaired) electrons. The van der Waals surface area contributed by atoms with Crippen LogP contribution in [-0.2, 0) is 42.4 Å². The summed E-state index contributed by atoms with van der Waals surface area (Å²) in [7, 11) is 0. The van der Waals surface area contributed by atoms with Crippen molar-refractivity contribution in [1.29, 1.82) is 0 Å². The van der Waals surface area contributed by atoms with E-state index >= 15 is 0 Å². The van der Waals surface area contributed by atoms with E-state index < -0.39 is 11.6 Å². The standard InChI is InChI=1S/C55H52N8O10S/c1-32(64)62-17-18-63-47(31-62)50(61-51(63)33-13-19-69-20-14-33)39-4-2-3-34-25-46(59-30-41(34)39)35-5-12-45(58-29-35)52(67)56-15-21-70-23-24-71-22-16-57-54(74)60-36-6-9-42-40(26-36)53(68)73-55(42)43-10-7-37(65)27-48(43)72-49-28-38(66)8-11-44(49)55/h2-12,25-30,33,65-66H,13-24,31H2,1H3,(H,56,67)(H2,57,60,74). The van der Waals surface area contributed by atoms with Gasteiger partial charge >= 0.3 is 5.97 Å². The van der Waals surface area contributed by atoms with Crippen LogP contribution in [0.4, 0.5) is 5.69 Å². The van der Waals surface area contributed by atoms with E-state index in [1.807, 2.05) is 29.3 Å². The zero-order valence-corrected chi connectivity index (χ0v) is 41.2. The van der Waals surface area contributed by atoms with E-state index in [9.17, 15) is 24.6 Å². The first-order chi connectivity index (χ1) is 36.0. The summed E-state index contributed by atoms with van der Waals surface area (Å²) in [6.07, 6.45) is 5.36. The van der Waals surface area contributed by atoms with Crippen LogP contribution in [0.2, 0.25) is 0 Å². The highest BCUT2D eigenvalue weighted by atomic mass is 32.1. The van der Waals surface area contributed by atoms with Crippen LogP contribution < -0.4 is 20.7 Å². The minimum atomic E-state index is -1.36. The third-order valence-corrected chi connectivity index (χ3v) is 14.1. The number of ether oxygens (including phenoxy) is 5. The molecule has 0 saturated carbocycles. The van der Waals surface area contributed by atoms with Gasteiger partial charge in [0.25, 0.3) is 5.91 Å². The lowest BCUT2D eigenvalue weighted by molar-refractivity contribution is -0.130. The number of imidazole rings is 1. The molecule has 3 aromatic heterocycles. The number of rotatable bonds is 14. The molecular weight excluding hydrogens is 965 g/mol. The maximum Gasteiger partial charge on any atom is 0.340 e. The molecule has 2 amide bonds. The summed E-state index contributed by atoms with van der Waals surface area (Å²) in [5.74, 6) is 1.11. The van der Waals surface area contributed by atoms with Gasteiger partial charge in [0.05, 0.1) is 55.6 Å². The lowest BCUT2D eigenvalue weighted by Gasteiger charge is -2.36. The third kappa shape index (κ3) is 9.34. The van der Waals surface area contributed by atoms with Crippen molar-refractivity contribution in [1.82, 2.24) is 35.1 Å². The second kappa shape index (κ2) is 20.5. The zero-order valence-electron chi connectivity index (χ0n) is 40.4. The minimum absolute atomic E-state index is 0.0221. The van der Waals surface area contributed by atoms with Gasteiger partial charge in [-0.3, -0.25) is 19.6 Å². The van der Waals surface area contributed by atoms with Crippen LogP contribution in [0.5, 0.6) is 23.0 Å². The van der Waals surface area contributed by atoms with Gasteiger partial charge in [-0.05, 0) is 85.0 Å². The number of pyridine rings is 2. The van der Waals surface area contributed by atoms with E-state index in [4.69, 9.17) is 45.9 Å². The number of phenols is 2. The Morgan fingerprint density at radius 2 is 1.54 bits per heavy atom. The van der Waals surface area contributed by atoms with Crippen LogP contribution in [0.15, 0.2) is 103 Å². The van der Waals surface area contributed by atoms with E-state index in [1.54, 1.807) is 49.5 Å². The Hall–Kier alpha value is -7.97. The van der Waals surface area contributed by atoms with Gasteiger partial charge in [0.15, 0.2) is 10.7 Å². The second-order valence-corrected chi connectivity index (χ2v) is 18.8. The third-order valence-electron chi connectivity index (χ3n) is 13.8. The molecule has 0 aliphatic carbocycles. The van der Waals surface area contributed by atoms with Crippen molar-refractivity contribution in [3.63, 3.8) is 0 Å². The number of carbonyl (C=O) groups is 3. The highest BCUT2D eigenvalue weighted by Crippen LogP contribution is 2.57. The van der Waals surface area contributed by atoms with Gasteiger partial charge in [-0.2, -0.15) is 0 Å². The van der Waals surface area contributed by atoms with Crippen LogP contribution in [0.1, 0.15) is 74.7 Å². The molecule has 1 fully saturated rings. The lowest BCUT2D eigenvalue weighted by Crippen LogP contribution is -2.37. The number of fused-ring (bicyclic) bond motifs is 8. The number of carbonyl (C=O) groups excluding carboxylic acids is 3. The number of phenolic OH excluding ortho intramolecular Hbond substituents is 2. The Morgan fingerprint density at radius 3 is 2.26 bits per heavy atom. The topological polar surface area (TPSA) is 221 Å². The van der Waals surface area contributed by atoms with E-state index in [0.29, 0.717) is 96.5 Å². The van der Waals surface area contributed by atoms with Gasteiger partial charge in [-0.1, -0.05) is 24.3 Å². The number of benzene rings is 4. The summed E-state index contributed by atoms with van der Waals surface area (Å²) in [5.41, 5.74) is 5.86. The fraction of sp³-hybridized carbons (Fsp3) is 0.291. The average Bonchev–Trinajstić information content (AvgIpc) is 3.94. The normalized spacial score (nSPS) is 15.4. The van der Waals surface area contributed by atoms with Crippen molar-refractivity contribution in [3.8, 4) is 45.5 Å². The van der Waals surface area contributed by atoms with E-state index in [2.05, 4.69) is 37.6 Å². The minimum Gasteiger partial charge on any atom is -0.508 e. The van der Waals surface area contributed by atoms with Gasteiger partial charge in [-0.15, -0.1) is 0 Å². The summed E-state index contributed by atoms with van der Waals surface area (Å²) < 4.78 is 31.5. The molecule has 0 unspecified atom stereocenters. The number of amides is 2. The Kier molecular flexibility index (Phi) is 13.4. The van der Waals surface area contributed by atoms with Crippen LogP contribution in [0.3, 0.4) is 0 Å². The maximum absolute atomic E-state index is 13.5. The average molecular weight is 1020 g/mol. The zero-order chi connectivity index (χ0) is 50.9. The van der Waals surface area contributed by atoms with Crippen molar-refractivity contribution < 1.29 is 48.3 Å². The first-order valence-corrected chi connectivity index (χ1v) is 24.9. The number of hydrogen-bond acceptors (Lipinski definition) is 14. The predicted octanol–water partition coefficient (Wildman–Crippen LogP) is 7.15. The fourth-order valence-corrected chi connectivity index (χ4v) is 10.4. The lowest BCUT2D eigenvalue weighted by atomic mass is 9.77. The largest absolute Gasteiger partial charge is 0.508 e. The molecular formula is C55H52N8O10S.